The summed E-state index contributed by atoms with van der Waals surface area (Å²) >= 11 is 0. The second kappa shape index (κ2) is 7.93. The fraction of sp³-hybridized carbons (Fsp3) is 0.750. The number of hydrogen-bond donors (Lipinski definition) is 0. The van der Waals surface area contributed by atoms with Gasteiger partial charge in [-0.05, 0) is 40.7 Å². The molecule has 1 fully saturated rings. The molecule has 0 spiro atoms. The van der Waals surface area contributed by atoms with Crippen LogP contribution in [0.4, 0.5) is 4.79 Å². The molecule has 9 nitrogen and oxygen atoms in total. The van der Waals surface area contributed by atoms with Crippen molar-refractivity contribution in [1.29, 1.82) is 0 Å². The molecule has 1 rings (SSSR count). The molecule has 1 aliphatic rings. The normalized spacial score (nSPS) is 21.7. The standard InChI is InChI=1S/C16H27NO8S/c1-15(2,3)24-14(19)17-11(10-23-16(17,4)5)12(25-26(7,20)21)8-9-13(18)22-6/h8-9,11-12H,10H2,1-7H3/b9-8+/t11-,12-/m0/s1. The maximum absolute atomic E-state index is 12.7. The molecular weight excluding hydrogens is 366 g/mol. The van der Waals surface area contributed by atoms with Crippen LogP contribution in [0.25, 0.3) is 0 Å². The quantitative estimate of drug-likeness (QED) is 0.392. The van der Waals surface area contributed by atoms with Gasteiger partial charge in [-0.25, -0.2) is 9.59 Å². The molecule has 0 unspecified atom stereocenters. The van der Waals surface area contributed by atoms with Crippen LogP contribution < -0.4 is 0 Å². The molecule has 0 bridgehead atoms. The minimum Gasteiger partial charge on any atom is -0.466 e. The van der Waals surface area contributed by atoms with Crippen LogP contribution in [0.15, 0.2) is 12.2 Å². The van der Waals surface area contributed by atoms with Gasteiger partial charge in [0.05, 0.1) is 26.0 Å². The smallest absolute Gasteiger partial charge is 0.413 e. The van der Waals surface area contributed by atoms with Crippen molar-refractivity contribution in [3.05, 3.63) is 12.2 Å². The first-order chi connectivity index (χ1) is 11.7. The highest BCUT2D eigenvalue weighted by Gasteiger charge is 2.49. The van der Waals surface area contributed by atoms with Gasteiger partial charge in [-0.3, -0.25) is 9.08 Å². The van der Waals surface area contributed by atoms with Crippen molar-refractivity contribution < 1.29 is 36.4 Å². The molecule has 0 aromatic carbocycles. The summed E-state index contributed by atoms with van der Waals surface area (Å²) in [6, 6.07) is -0.824. The van der Waals surface area contributed by atoms with Crippen molar-refractivity contribution >= 4 is 22.2 Å². The number of amides is 1. The molecular formula is C16H27NO8S. The molecule has 1 heterocycles. The predicted octanol–water partition coefficient (Wildman–Crippen LogP) is 1.43. The van der Waals surface area contributed by atoms with E-state index in [4.69, 9.17) is 13.7 Å². The first-order valence-corrected chi connectivity index (χ1v) is 9.78. The summed E-state index contributed by atoms with van der Waals surface area (Å²) < 4.78 is 43.9. The van der Waals surface area contributed by atoms with E-state index in [2.05, 4.69) is 4.74 Å². The van der Waals surface area contributed by atoms with Gasteiger partial charge in [0.15, 0.2) is 0 Å². The molecule has 0 saturated carbocycles. The molecule has 2 atom stereocenters. The van der Waals surface area contributed by atoms with Crippen molar-refractivity contribution in [3.63, 3.8) is 0 Å². The fourth-order valence-corrected chi connectivity index (χ4v) is 3.00. The Labute approximate surface area is 154 Å². The number of nitrogens with zero attached hydrogens (tertiary/aromatic N) is 1. The summed E-state index contributed by atoms with van der Waals surface area (Å²) in [5.74, 6) is -0.686. The zero-order chi connectivity index (χ0) is 20.3. The summed E-state index contributed by atoms with van der Waals surface area (Å²) in [6.07, 6.45) is 1.30. The van der Waals surface area contributed by atoms with Gasteiger partial charge in [0, 0.05) is 6.08 Å². The Bertz CT molecular complexity index is 662. The maximum atomic E-state index is 12.7. The van der Waals surface area contributed by atoms with E-state index in [1.807, 2.05) is 0 Å². The number of esters is 1. The SMILES string of the molecule is COC(=O)/C=C/[C@H](OS(C)(=O)=O)[C@@H]1COC(C)(C)N1C(=O)OC(C)(C)C. The average molecular weight is 393 g/mol. The summed E-state index contributed by atoms with van der Waals surface area (Å²) in [5, 5.41) is 0. The van der Waals surface area contributed by atoms with E-state index in [9.17, 15) is 18.0 Å². The lowest BCUT2D eigenvalue weighted by atomic mass is 10.1. The van der Waals surface area contributed by atoms with E-state index in [-0.39, 0.29) is 6.61 Å². The van der Waals surface area contributed by atoms with Crippen LogP contribution >= 0.6 is 0 Å². The highest BCUT2D eigenvalue weighted by Crippen LogP contribution is 2.32. The number of carbonyl (C=O) groups is 2. The number of rotatable bonds is 5. The summed E-state index contributed by atoms with van der Waals surface area (Å²) in [6.45, 7) is 8.44. The maximum Gasteiger partial charge on any atom is 0.413 e. The topological polar surface area (TPSA) is 108 Å². The van der Waals surface area contributed by atoms with E-state index in [0.717, 1.165) is 12.3 Å². The molecule has 0 aliphatic carbocycles. The first-order valence-electron chi connectivity index (χ1n) is 7.97. The summed E-state index contributed by atoms with van der Waals surface area (Å²) in [7, 11) is -2.69. The zero-order valence-electron chi connectivity index (χ0n) is 16.1. The van der Waals surface area contributed by atoms with Crippen molar-refractivity contribution in [3.8, 4) is 0 Å². The lowest BCUT2D eigenvalue weighted by molar-refractivity contribution is -0.134. The van der Waals surface area contributed by atoms with Crippen LogP contribution in [0.2, 0.25) is 0 Å². The summed E-state index contributed by atoms with van der Waals surface area (Å²) in [4.78, 5) is 25.3. The molecule has 1 amide bonds. The molecule has 0 N–H and O–H groups in total. The van der Waals surface area contributed by atoms with Gasteiger partial charge in [-0.1, -0.05) is 0 Å². The van der Waals surface area contributed by atoms with E-state index >= 15 is 0 Å². The monoisotopic (exact) mass is 393 g/mol. The molecule has 0 radical (unpaired) electrons. The van der Waals surface area contributed by atoms with Crippen LogP contribution in [0.5, 0.6) is 0 Å². The zero-order valence-corrected chi connectivity index (χ0v) is 17.0. The fourth-order valence-electron chi connectivity index (χ4n) is 2.41. The van der Waals surface area contributed by atoms with Crippen LogP contribution in [0.3, 0.4) is 0 Å². The Morgan fingerprint density at radius 3 is 2.35 bits per heavy atom. The van der Waals surface area contributed by atoms with Gasteiger partial charge in [0.25, 0.3) is 10.1 Å². The van der Waals surface area contributed by atoms with Crippen molar-refractivity contribution in [1.82, 2.24) is 4.90 Å². The van der Waals surface area contributed by atoms with E-state index < -0.39 is 45.7 Å². The lowest BCUT2D eigenvalue weighted by Gasteiger charge is -2.36. The number of hydrogen-bond acceptors (Lipinski definition) is 8. The number of methoxy groups -OCH3 is 1. The molecule has 1 aliphatic heterocycles. The predicted molar refractivity (Wildman–Crippen MR) is 92.8 cm³/mol. The van der Waals surface area contributed by atoms with Crippen LogP contribution in [-0.2, 0) is 33.3 Å². The molecule has 26 heavy (non-hydrogen) atoms. The highest BCUT2D eigenvalue weighted by atomic mass is 32.2. The molecule has 0 aromatic heterocycles. The van der Waals surface area contributed by atoms with Crippen LogP contribution in [0.1, 0.15) is 34.6 Å². The summed E-state index contributed by atoms with van der Waals surface area (Å²) in [5.41, 5.74) is -1.80. The molecule has 1 saturated heterocycles. The Morgan fingerprint density at radius 1 is 1.31 bits per heavy atom. The van der Waals surface area contributed by atoms with E-state index in [0.29, 0.717) is 0 Å². The highest BCUT2D eigenvalue weighted by molar-refractivity contribution is 7.86. The minimum absolute atomic E-state index is 0.00204. The Balaban J connectivity index is 3.22. The van der Waals surface area contributed by atoms with Crippen molar-refractivity contribution in [2.75, 3.05) is 20.0 Å². The second-order valence-electron chi connectivity index (χ2n) is 7.32. The van der Waals surface area contributed by atoms with Crippen LogP contribution in [0, 0.1) is 0 Å². The third-order valence-electron chi connectivity index (χ3n) is 3.40. The third kappa shape index (κ3) is 6.58. The van der Waals surface area contributed by atoms with Gasteiger partial charge >= 0.3 is 12.1 Å². The number of ether oxygens (including phenoxy) is 3. The molecule has 150 valence electrons. The number of carbonyl (C=O) groups excluding carboxylic acids is 2. The minimum atomic E-state index is -3.87. The largest absolute Gasteiger partial charge is 0.466 e. The Hall–Kier alpha value is -1.65. The molecule has 0 aromatic rings. The Kier molecular flexibility index (Phi) is 6.83. The van der Waals surface area contributed by atoms with E-state index in [1.165, 1.54) is 18.1 Å². The van der Waals surface area contributed by atoms with Crippen LogP contribution in [-0.4, -0.2) is 68.8 Å². The average Bonchev–Trinajstić information content (AvgIpc) is 2.75. The Morgan fingerprint density at radius 2 is 1.88 bits per heavy atom. The lowest BCUT2D eigenvalue weighted by Crippen LogP contribution is -2.53. The van der Waals surface area contributed by atoms with E-state index in [1.54, 1.807) is 34.6 Å². The molecule has 10 heteroatoms. The first kappa shape index (κ1) is 22.4. The van der Waals surface area contributed by atoms with Gasteiger partial charge < -0.3 is 14.2 Å². The van der Waals surface area contributed by atoms with Gasteiger partial charge in [-0.2, -0.15) is 8.42 Å². The second-order valence-corrected chi connectivity index (χ2v) is 8.92. The third-order valence-corrected chi connectivity index (χ3v) is 3.97. The van der Waals surface area contributed by atoms with Gasteiger partial charge in [0.2, 0.25) is 0 Å². The van der Waals surface area contributed by atoms with Crippen molar-refractivity contribution in [2.45, 2.75) is 58.1 Å². The van der Waals surface area contributed by atoms with Gasteiger partial charge in [-0.15, -0.1) is 0 Å². The van der Waals surface area contributed by atoms with Crippen molar-refractivity contribution in [2.24, 2.45) is 0 Å². The van der Waals surface area contributed by atoms with Gasteiger partial charge in [0.1, 0.15) is 17.4 Å².